The minimum absolute atomic E-state index is 0.0228. The van der Waals surface area contributed by atoms with Gasteiger partial charge in [0.15, 0.2) is 0 Å². The van der Waals surface area contributed by atoms with Crippen LogP contribution in [0.4, 0.5) is 11.6 Å². The molecule has 4 bridgehead atoms. The summed E-state index contributed by atoms with van der Waals surface area (Å²) in [7, 11) is -4.17. The Morgan fingerprint density at radius 1 is 1.00 bits per heavy atom. The van der Waals surface area contributed by atoms with Gasteiger partial charge in [-0.2, -0.15) is 4.98 Å². The fourth-order valence-corrected chi connectivity index (χ4v) is 8.24. The van der Waals surface area contributed by atoms with E-state index in [0.717, 1.165) is 54.9 Å². The first-order chi connectivity index (χ1) is 23.8. The van der Waals surface area contributed by atoms with Gasteiger partial charge < -0.3 is 19.3 Å². The van der Waals surface area contributed by atoms with Crippen LogP contribution in [0.1, 0.15) is 67.2 Å². The summed E-state index contributed by atoms with van der Waals surface area (Å²) in [6.45, 7) is 13.2. The number of hydrogen-bond donors (Lipinski definition) is 1. The average molecular weight is 697 g/mol. The van der Waals surface area contributed by atoms with Crippen LogP contribution in [-0.4, -0.2) is 72.1 Å². The number of amides is 1. The van der Waals surface area contributed by atoms with Gasteiger partial charge in [0.05, 0.1) is 40.8 Å². The Kier molecular flexibility index (Phi) is 8.80. The van der Waals surface area contributed by atoms with Crippen LogP contribution in [0.15, 0.2) is 71.8 Å². The van der Waals surface area contributed by atoms with E-state index in [9.17, 15) is 13.2 Å². The summed E-state index contributed by atoms with van der Waals surface area (Å²) in [5.41, 5.74) is 5.14. The quantitative estimate of drug-likeness (QED) is 0.261. The molecule has 7 rings (SSSR count). The number of pyridine rings is 1. The van der Waals surface area contributed by atoms with Crippen molar-refractivity contribution in [2.45, 2.75) is 77.0 Å². The van der Waals surface area contributed by atoms with Crippen molar-refractivity contribution in [3.63, 3.8) is 0 Å². The Labute approximate surface area is 294 Å². The van der Waals surface area contributed by atoms with Crippen molar-refractivity contribution >= 4 is 27.6 Å². The molecule has 2 fully saturated rings. The van der Waals surface area contributed by atoms with Gasteiger partial charge in [0, 0.05) is 36.9 Å². The summed E-state index contributed by atoms with van der Waals surface area (Å²) >= 11 is 0. The molecule has 2 aromatic heterocycles. The van der Waals surface area contributed by atoms with E-state index in [-0.39, 0.29) is 52.4 Å². The molecule has 1 amide bonds. The summed E-state index contributed by atoms with van der Waals surface area (Å²) in [6, 6.07) is 17.3. The van der Waals surface area contributed by atoms with E-state index >= 15 is 0 Å². The zero-order chi connectivity index (χ0) is 35.3. The van der Waals surface area contributed by atoms with Crippen LogP contribution < -0.4 is 14.4 Å². The van der Waals surface area contributed by atoms with Crippen molar-refractivity contribution < 1.29 is 22.7 Å². The van der Waals surface area contributed by atoms with Crippen molar-refractivity contribution in [3.8, 4) is 17.1 Å². The van der Waals surface area contributed by atoms with Crippen LogP contribution in [0.25, 0.3) is 11.3 Å². The second-order valence-corrected chi connectivity index (χ2v) is 16.7. The van der Waals surface area contributed by atoms with Gasteiger partial charge in [0.2, 0.25) is 11.8 Å². The third-order valence-corrected chi connectivity index (χ3v) is 11.0. The molecule has 12 heteroatoms. The summed E-state index contributed by atoms with van der Waals surface area (Å²) in [6.07, 6.45) is 4.65. The van der Waals surface area contributed by atoms with Gasteiger partial charge in [-0.3, -0.25) is 9.78 Å². The van der Waals surface area contributed by atoms with Gasteiger partial charge in [-0.15, -0.1) is 0 Å². The highest BCUT2D eigenvalue weighted by Gasteiger charge is 2.46. The number of sulfonamides is 1. The molecule has 2 aromatic carbocycles. The van der Waals surface area contributed by atoms with Gasteiger partial charge in [0.1, 0.15) is 12.2 Å². The SMILES string of the molecule is Cc1cccc(C)c1-c1cc2nc(n1)NS(=O)(=O)c1cccc(c1)C(=O)N(Cc1ccc(N3CC4(CCCO4)C3)cn1)[C@H](CC(C)(C)C)CO2. The lowest BCUT2D eigenvalue weighted by atomic mass is 9.87. The second-order valence-electron chi connectivity index (χ2n) is 15.0. The molecule has 3 aliphatic rings. The lowest BCUT2D eigenvalue weighted by Crippen LogP contribution is -2.61. The van der Waals surface area contributed by atoms with Crippen molar-refractivity contribution in [1.82, 2.24) is 19.9 Å². The smallest absolute Gasteiger partial charge is 0.264 e. The van der Waals surface area contributed by atoms with Crippen LogP contribution in [0, 0.1) is 19.3 Å². The van der Waals surface area contributed by atoms with E-state index in [1.165, 1.54) is 12.1 Å². The lowest BCUT2D eigenvalue weighted by Gasteiger charge is -2.48. The fraction of sp³-hybridized carbons (Fsp3) is 0.421. The molecule has 2 saturated heterocycles. The van der Waals surface area contributed by atoms with Gasteiger partial charge in [-0.1, -0.05) is 45.0 Å². The highest BCUT2D eigenvalue weighted by atomic mass is 32.2. The molecule has 50 heavy (non-hydrogen) atoms. The van der Waals surface area contributed by atoms with E-state index in [0.29, 0.717) is 17.8 Å². The Morgan fingerprint density at radius 3 is 2.44 bits per heavy atom. The summed E-state index contributed by atoms with van der Waals surface area (Å²) in [4.78, 5) is 32.3. The van der Waals surface area contributed by atoms with Crippen molar-refractivity contribution in [1.29, 1.82) is 0 Å². The molecule has 1 spiro atoms. The van der Waals surface area contributed by atoms with Gasteiger partial charge in [-0.05, 0) is 80.0 Å². The average Bonchev–Trinajstić information content (AvgIpc) is 3.55. The number of nitrogens with zero attached hydrogens (tertiary/aromatic N) is 5. The van der Waals surface area contributed by atoms with E-state index < -0.39 is 16.1 Å². The molecule has 5 heterocycles. The number of carbonyl (C=O) groups excluding carboxylic acids is 1. The fourth-order valence-electron chi connectivity index (χ4n) is 7.25. The molecule has 0 unspecified atom stereocenters. The molecular weight excluding hydrogens is 653 g/mol. The molecule has 3 aliphatic heterocycles. The predicted molar refractivity (Wildman–Crippen MR) is 192 cm³/mol. The summed E-state index contributed by atoms with van der Waals surface area (Å²) in [5, 5.41) is 0. The van der Waals surface area contributed by atoms with Crippen LogP contribution in [0.5, 0.6) is 5.88 Å². The topological polar surface area (TPSA) is 127 Å². The van der Waals surface area contributed by atoms with Crippen LogP contribution in [-0.2, 0) is 21.3 Å². The standard InChI is InChI=1S/C38H44N6O5S/c1-25-9-6-10-26(2)34(25)32-18-33-41-36(40-32)42-50(46,47)31-12-7-11-27(17-31)35(45)44(30(22-48-33)19-37(3,4)5)21-28-13-14-29(20-39-28)43-23-38(24-43)15-8-16-49-38/h6-7,9-14,17-18,20,30H,8,15-16,19,21-24H2,1-5H3,(H,40,41,42)/t30-/m1/s1. The molecular formula is C38H44N6O5S. The van der Waals surface area contributed by atoms with E-state index in [1.807, 2.05) is 50.4 Å². The number of aryl methyl sites for hydroxylation is 2. The highest BCUT2D eigenvalue weighted by Crippen LogP contribution is 2.38. The van der Waals surface area contributed by atoms with Crippen LogP contribution >= 0.6 is 0 Å². The number of fused-ring (bicyclic) bond motifs is 4. The number of nitrogens with one attached hydrogen (secondary N) is 1. The number of anilines is 2. The molecule has 262 valence electrons. The Morgan fingerprint density at radius 2 is 1.76 bits per heavy atom. The van der Waals surface area contributed by atoms with E-state index in [2.05, 4.69) is 40.4 Å². The lowest BCUT2D eigenvalue weighted by molar-refractivity contribution is -0.0180. The van der Waals surface area contributed by atoms with Crippen molar-refractivity contribution in [3.05, 3.63) is 89.2 Å². The van der Waals surface area contributed by atoms with E-state index in [1.54, 1.807) is 23.1 Å². The molecule has 1 atom stereocenters. The maximum atomic E-state index is 14.5. The minimum Gasteiger partial charge on any atom is -0.475 e. The summed E-state index contributed by atoms with van der Waals surface area (Å²) < 4.78 is 42.3. The highest BCUT2D eigenvalue weighted by molar-refractivity contribution is 7.92. The normalized spacial score (nSPS) is 19.9. The van der Waals surface area contributed by atoms with Gasteiger partial charge in [-0.25, -0.2) is 18.1 Å². The third-order valence-electron chi connectivity index (χ3n) is 9.68. The number of hydrogen-bond acceptors (Lipinski definition) is 9. The van der Waals surface area contributed by atoms with Crippen LogP contribution in [0.3, 0.4) is 0 Å². The number of ether oxygens (including phenoxy) is 2. The van der Waals surface area contributed by atoms with Gasteiger partial charge >= 0.3 is 0 Å². The van der Waals surface area contributed by atoms with Crippen molar-refractivity contribution in [2.24, 2.45) is 5.41 Å². The first kappa shape index (κ1) is 33.9. The first-order valence-corrected chi connectivity index (χ1v) is 18.6. The molecule has 11 nitrogen and oxygen atoms in total. The third kappa shape index (κ3) is 7.04. The number of benzene rings is 2. The molecule has 4 aromatic rings. The Bertz CT molecular complexity index is 1990. The second kappa shape index (κ2) is 13.0. The number of rotatable bonds is 5. The molecule has 0 radical (unpaired) electrons. The largest absolute Gasteiger partial charge is 0.475 e. The Hall–Kier alpha value is -4.55. The first-order valence-electron chi connectivity index (χ1n) is 17.1. The monoisotopic (exact) mass is 696 g/mol. The van der Waals surface area contributed by atoms with Gasteiger partial charge in [0.25, 0.3) is 15.9 Å². The zero-order valence-corrected chi connectivity index (χ0v) is 30.1. The molecule has 0 saturated carbocycles. The summed E-state index contributed by atoms with van der Waals surface area (Å²) in [5.74, 6) is -0.229. The van der Waals surface area contributed by atoms with Crippen molar-refractivity contribution in [2.75, 3.05) is 35.9 Å². The molecule has 0 aliphatic carbocycles. The Balaban J connectivity index is 1.26. The maximum Gasteiger partial charge on any atom is 0.264 e. The zero-order valence-electron chi connectivity index (χ0n) is 29.3. The van der Waals surface area contributed by atoms with E-state index in [4.69, 9.17) is 14.5 Å². The minimum atomic E-state index is -4.17. The predicted octanol–water partition coefficient (Wildman–Crippen LogP) is 6.17. The number of carbonyl (C=O) groups is 1. The molecule has 1 N–H and O–H groups in total. The van der Waals surface area contributed by atoms with Crippen LogP contribution in [0.2, 0.25) is 0 Å². The maximum absolute atomic E-state index is 14.5. The number of aromatic nitrogens is 3.